The Kier molecular flexibility index (Phi) is 2.28. The highest BCUT2D eigenvalue weighted by Crippen LogP contribution is 2.23. The van der Waals surface area contributed by atoms with Crippen molar-refractivity contribution in [1.29, 1.82) is 5.26 Å². The first-order chi connectivity index (χ1) is 6.70. The molecular weight excluding hydrogens is 223 g/mol. The third kappa shape index (κ3) is 1.52. The molecule has 0 bridgehead atoms. The van der Waals surface area contributed by atoms with Crippen molar-refractivity contribution in [2.45, 2.75) is 6.42 Å². The summed E-state index contributed by atoms with van der Waals surface area (Å²) >= 11 is 11.5. The molecule has 70 valence electrons. The van der Waals surface area contributed by atoms with Gasteiger partial charge in [-0.2, -0.15) is 5.26 Å². The quantitative estimate of drug-likeness (QED) is 0.760. The molecule has 0 aliphatic carbocycles. The summed E-state index contributed by atoms with van der Waals surface area (Å²) in [5.74, 6) is 0.563. The molecule has 0 amide bonds. The van der Waals surface area contributed by atoms with Crippen molar-refractivity contribution in [1.82, 2.24) is 15.0 Å². The Hall–Kier alpha value is -1.31. The summed E-state index contributed by atoms with van der Waals surface area (Å²) in [5, 5.41) is 9.06. The highest BCUT2D eigenvalue weighted by Gasteiger charge is 2.07. The van der Waals surface area contributed by atoms with Crippen molar-refractivity contribution in [2.75, 3.05) is 0 Å². The largest absolute Gasteiger partial charge is 0.340 e. The first kappa shape index (κ1) is 9.25. The lowest BCUT2D eigenvalue weighted by Gasteiger charge is -1.92. The topological polar surface area (TPSA) is 65.4 Å². The maximum atomic E-state index is 8.47. The Morgan fingerprint density at radius 2 is 2.21 bits per heavy atom. The van der Waals surface area contributed by atoms with Crippen LogP contribution in [0.15, 0.2) is 6.07 Å². The average molecular weight is 227 g/mol. The molecule has 2 rings (SSSR count). The fourth-order valence-corrected chi connectivity index (χ4v) is 1.39. The molecule has 2 aromatic rings. The first-order valence-electron chi connectivity index (χ1n) is 3.78. The molecule has 0 aliphatic heterocycles. The van der Waals surface area contributed by atoms with E-state index in [1.54, 1.807) is 6.07 Å². The number of hydrogen-bond donors (Lipinski definition) is 1. The summed E-state index contributed by atoms with van der Waals surface area (Å²) < 4.78 is 0. The molecule has 0 atom stereocenters. The van der Waals surface area contributed by atoms with Crippen molar-refractivity contribution in [3.63, 3.8) is 0 Å². The van der Waals surface area contributed by atoms with E-state index in [9.17, 15) is 0 Å². The summed E-state index contributed by atoms with van der Waals surface area (Å²) in [6.45, 7) is 0. The smallest absolute Gasteiger partial charge is 0.179 e. The zero-order valence-corrected chi connectivity index (χ0v) is 8.39. The van der Waals surface area contributed by atoms with Crippen LogP contribution >= 0.6 is 23.2 Å². The average Bonchev–Trinajstić information content (AvgIpc) is 2.48. The minimum Gasteiger partial charge on any atom is -0.340 e. The summed E-state index contributed by atoms with van der Waals surface area (Å²) in [7, 11) is 0. The van der Waals surface area contributed by atoms with Crippen molar-refractivity contribution in [3.05, 3.63) is 22.1 Å². The zero-order chi connectivity index (χ0) is 10.1. The van der Waals surface area contributed by atoms with E-state index >= 15 is 0 Å². The van der Waals surface area contributed by atoms with E-state index in [1.807, 2.05) is 6.07 Å². The van der Waals surface area contributed by atoms with Gasteiger partial charge < -0.3 is 4.98 Å². The summed E-state index contributed by atoms with van der Waals surface area (Å²) in [4.78, 5) is 11.0. The Balaban J connectivity index is 2.61. The second-order valence-electron chi connectivity index (χ2n) is 2.65. The predicted molar refractivity (Wildman–Crippen MR) is 53.2 cm³/mol. The molecule has 0 aromatic carbocycles. The normalized spacial score (nSPS) is 10.4. The van der Waals surface area contributed by atoms with Crippen LogP contribution in [-0.4, -0.2) is 15.0 Å². The third-order valence-electron chi connectivity index (χ3n) is 1.68. The summed E-state index contributed by atoms with van der Waals surface area (Å²) in [5.41, 5.74) is 1.16. The Morgan fingerprint density at radius 3 is 2.93 bits per heavy atom. The number of halogens is 2. The number of pyridine rings is 1. The Labute approximate surface area is 89.5 Å². The van der Waals surface area contributed by atoms with Crippen LogP contribution in [-0.2, 0) is 6.42 Å². The maximum absolute atomic E-state index is 8.47. The van der Waals surface area contributed by atoms with Crippen molar-refractivity contribution in [3.8, 4) is 6.07 Å². The van der Waals surface area contributed by atoms with E-state index in [0.717, 1.165) is 0 Å². The SMILES string of the molecule is N#CCc1nc2nc(Cl)c(Cl)cc2[nH]1. The van der Waals surface area contributed by atoms with Gasteiger partial charge >= 0.3 is 0 Å². The second kappa shape index (κ2) is 3.45. The van der Waals surface area contributed by atoms with Gasteiger partial charge in [0.15, 0.2) is 5.65 Å². The fraction of sp³-hybridized carbons (Fsp3) is 0.125. The number of H-pyrrole nitrogens is 1. The third-order valence-corrected chi connectivity index (χ3v) is 2.35. The fourth-order valence-electron chi connectivity index (χ4n) is 1.10. The number of hydrogen-bond acceptors (Lipinski definition) is 3. The predicted octanol–water partition coefficient (Wildman–Crippen LogP) is 2.33. The molecule has 2 aromatic heterocycles. The number of nitrogens with one attached hydrogen (secondary N) is 1. The van der Waals surface area contributed by atoms with E-state index in [4.69, 9.17) is 28.5 Å². The molecule has 1 N–H and O–H groups in total. The molecule has 4 nitrogen and oxygen atoms in total. The van der Waals surface area contributed by atoms with E-state index < -0.39 is 0 Å². The van der Waals surface area contributed by atoms with Crippen molar-refractivity contribution >= 4 is 34.4 Å². The van der Waals surface area contributed by atoms with E-state index in [1.165, 1.54) is 0 Å². The number of aromatic amines is 1. The summed E-state index contributed by atoms with van der Waals surface area (Å²) in [6, 6.07) is 3.63. The van der Waals surface area contributed by atoms with Gasteiger partial charge in [-0.1, -0.05) is 23.2 Å². The highest BCUT2D eigenvalue weighted by molar-refractivity contribution is 6.41. The standard InChI is InChI=1S/C8H4Cl2N4/c9-4-3-5-8(14-7(4)10)13-6(12-5)1-2-11/h3H,1H2,(H,12,13,14). The number of nitrogens with zero attached hydrogens (tertiary/aromatic N) is 3. The number of nitriles is 1. The minimum atomic E-state index is 0.214. The number of imidazole rings is 1. The van der Waals surface area contributed by atoms with E-state index in [-0.39, 0.29) is 11.6 Å². The molecule has 14 heavy (non-hydrogen) atoms. The lowest BCUT2D eigenvalue weighted by Crippen LogP contribution is -1.82. The van der Waals surface area contributed by atoms with Gasteiger partial charge in [-0.05, 0) is 6.07 Å². The van der Waals surface area contributed by atoms with Gasteiger partial charge in [0.1, 0.15) is 11.0 Å². The van der Waals surface area contributed by atoms with Gasteiger partial charge in [0.05, 0.1) is 23.0 Å². The van der Waals surface area contributed by atoms with E-state index in [0.29, 0.717) is 22.0 Å². The van der Waals surface area contributed by atoms with Gasteiger partial charge in [0.25, 0.3) is 0 Å². The minimum absolute atomic E-state index is 0.214. The molecule has 0 aliphatic rings. The highest BCUT2D eigenvalue weighted by atomic mass is 35.5. The first-order valence-corrected chi connectivity index (χ1v) is 4.54. The molecule has 0 saturated carbocycles. The van der Waals surface area contributed by atoms with Gasteiger partial charge in [0.2, 0.25) is 0 Å². The molecule has 2 heterocycles. The molecule has 0 radical (unpaired) electrons. The van der Waals surface area contributed by atoms with Gasteiger partial charge in [-0.3, -0.25) is 0 Å². The van der Waals surface area contributed by atoms with Crippen LogP contribution in [0.2, 0.25) is 10.2 Å². The molecule has 6 heteroatoms. The number of aromatic nitrogens is 3. The lowest BCUT2D eigenvalue weighted by molar-refractivity contribution is 1.07. The van der Waals surface area contributed by atoms with Crippen LogP contribution < -0.4 is 0 Å². The van der Waals surface area contributed by atoms with Gasteiger partial charge in [0, 0.05) is 0 Å². The monoisotopic (exact) mass is 226 g/mol. The van der Waals surface area contributed by atoms with Crippen LogP contribution in [0, 0.1) is 11.3 Å². The second-order valence-corrected chi connectivity index (χ2v) is 3.42. The van der Waals surface area contributed by atoms with Crippen LogP contribution in [0.1, 0.15) is 5.82 Å². The van der Waals surface area contributed by atoms with Crippen LogP contribution in [0.25, 0.3) is 11.2 Å². The van der Waals surface area contributed by atoms with Crippen LogP contribution in [0.3, 0.4) is 0 Å². The number of rotatable bonds is 1. The van der Waals surface area contributed by atoms with Gasteiger partial charge in [-0.15, -0.1) is 0 Å². The number of fused-ring (bicyclic) bond motifs is 1. The van der Waals surface area contributed by atoms with Crippen molar-refractivity contribution < 1.29 is 0 Å². The molecular formula is C8H4Cl2N4. The molecule has 0 spiro atoms. The van der Waals surface area contributed by atoms with Crippen LogP contribution in [0.4, 0.5) is 0 Å². The van der Waals surface area contributed by atoms with Crippen LogP contribution in [0.5, 0.6) is 0 Å². The molecule has 0 fully saturated rings. The molecule has 0 saturated heterocycles. The van der Waals surface area contributed by atoms with E-state index in [2.05, 4.69) is 15.0 Å². The zero-order valence-electron chi connectivity index (χ0n) is 6.88. The van der Waals surface area contributed by atoms with Crippen molar-refractivity contribution in [2.24, 2.45) is 0 Å². The summed E-state index contributed by atoms with van der Waals surface area (Å²) in [6.07, 6.45) is 0.214. The Bertz CT molecular complexity index is 487. The maximum Gasteiger partial charge on any atom is 0.179 e. The molecule has 0 unspecified atom stereocenters. The van der Waals surface area contributed by atoms with Gasteiger partial charge in [-0.25, -0.2) is 9.97 Å². The lowest BCUT2D eigenvalue weighted by atomic mass is 10.4. The Morgan fingerprint density at radius 1 is 1.43 bits per heavy atom.